The molecule has 3 heteroatoms. The van der Waals surface area contributed by atoms with Gasteiger partial charge in [0.05, 0.1) is 6.61 Å². The van der Waals surface area contributed by atoms with Crippen molar-refractivity contribution in [1.29, 1.82) is 0 Å². The highest BCUT2D eigenvalue weighted by molar-refractivity contribution is 6.30. The van der Waals surface area contributed by atoms with Crippen molar-refractivity contribution < 1.29 is 4.74 Å². The molecule has 0 spiro atoms. The normalized spacial score (nSPS) is 15.6. The van der Waals surface area contributed by atoms with Crippen molar-refractivity contribution >= 4 is 11.6 Å². The molecule has 2 nitrogen and oxygen atoms in total. The van der Waals surface area contributed by atoms with Crippen LogP contribution in [-0.2, 0) is 12.8 Å². The maximum Gasteiger partial charge on any atom is 0.125 e. The molecule has 1 heterocycles. The van der Waals surface area contributed by atoms with Gasteiger partial charge in [0.25, 0.3) is 0 Å². The van der Waals surface area contributed by atoms with Crippen molar-refractivity contribution in [3.8, 4) is 5.75 Å². The van der Waals surface area contributed by atoms with Crippen molar-refractivity contribution in [3.63, 3.8) is 0 Å². The fourth-order valence-electron chi connectivity index (χ4n) is 2.39. The summed E-state index contributed by atoms with van der Waals surface area (Å²) in [6.45, 7) is 5.13. The van der Waals surface area contributed by atoms with Crippen molar-refractivity contribution in [2.75, 3.05) is 6.61 Å². The highest BCUT2D eigenvalue weighted by atomic mass is 35.5. The number of aryl methyl sites for hydroxylation is 1. The minimum absolute atomic E-state index is 0.290. The molecule has 2 rings (SSSR count). The average molecular weight is 268 g/mol. The summed E-state index contributed by atoms with van der Waals surface area (Å²) in [5.41, 5.74) is 8.56. The standard InChI is InChI=1S/C15H22ClNO/c1-10(2)14(17)5-3-4-11-8-13(16)9-12-6-7-18-15(11)12/h8-10,14H,3-7,17H2,1-2H3. The van der Waals surface area contributed by atoms with Crippen molar-refractivity contribution in [3.05, 3.63) is 28.3 Å². The summed E-state index contributed by atoms with van der Waals surface area (Å²) in [6, 6.07) is 4.35. The molecule has 0 aromatic heterocycles. The summed E-state index contributed by atoms with van der Waals surface area (Å²) >= 11 is 6.14. The molecule has 1 aromatic rings. The van der Waals surface area contributed by atoms with Crippen LogP contribution >= 0.6 is 11.6 Å². The van der Waals surface area contributed by atoms with E-state index in [4.69, 9.17) is 22.1 Å². The van der Waals surface area contributed by atoms with Gasteiger partial charge >= 0.3 is 0 Å². The zero-order valence-corrected chi connectivity index (χ0v) is 12.0. The van der Waals surface area contributed by atoms with E-state index in [1.54, 1.807) is 0 Å². The largest absolute Gasteiger partial charge is 0.493 e. The maximum atomic E-state index is 6.14. The zero-order chi connectivity index (χ0) is 13.1. The van der Waals surface area contributed by atoms with Crippen molar-refractivity contribution in [2.24, 2.45) is 11.7 Å². The average Bonchev–Trinajstić information content (AvgIpc) is 2.76. The van der Waals surface area contributed by atoms with Gasteiger partial charge in [-0.3, -0.25) is 0 Å². The Balaban J connectivity index is 1.98. The molecule has 1 atom stereocenters. The predicted octanol–water partition coefficient (Wildman–Crippen LogP) is 3.58. The molecule has 0 saturated heterocycles. The third-order valence-electron chi connectivity index (χ3n) is 3.67. The Bertz CT molecular complexity index is 417. The second-order valence-electron chi connectivity index (χ2n) is 5.45. The van der Waals surface area contributed by atoms with E-state index in [-0.39, 0.29) is 6.04 Å². The van der Waals surface area contributed by atoms with Gasteiger partial charge < -0.3 is 10.5 Å². The number of ether oxygens (including phenoxy) is 1. The minimum atomic E-state index is 0.290. The van der Waals surface area contributed by atoms with E-state index < -0.39 is 0 Å². The van der Waals surface area contributed by atoms with Gasteiger partial charge in [0.2, 0.25) is 0 Å². The van der Waals surface area contributed by atoms with Gasteiger partial charge in [-0.1, -0.05) is 25.4 Å². The molecule has 1 aliphatic rings. The maximum absolute atomic E-state index is 6.14. The third-order valence-corrected chi connectivity index (χ3v) is 3.88. The summed E-state index contributed by atoms with van der Waals surface area (Å²) in [5, 5.41) is 0.822. The molecule has 0 aliphatic carbocycles. The monoisotopic (exact) mass is 267 g/mol. The first-order chi connectivity index (χ1) is 8.58. The first-order valence-corrected chi connectivity index (χ1v) is 7.15. The van der Waals surface area contributed by atoms with Crippen LogP contribution in [0.25, 0.3) is 0 Å². The lowest BCUT2D eigenvalue weighted by Crippen LogP contribution is -2.26. The summed E-state index contributed by atoms with van der Waals surface area (Å²) < 4.78 is 5.70. The summed E-state index contributed by atoms with van der Waals surface area (Å²) in [6.07, 6.45) is 4.13. The Morgan fingerprint density at radius 2 is 2.17 bits per heavy atom. The lowest BCUT2D eigenvalue weighted by atomic mass is 9.97. The fourth-order valence-corrected chi connectivity index (χ4v) is 2.66. The SMILES string of the molecule is CC(C)C(N)CCCc1cc(Cl)cc2c1OCC2. The molecule has 0 bridgehead atoms. The van der Waals surface area contributed by atoms with Crippen molar-refractivity contribution in [2.45, 2.75) is 45.6 Å². The lowest BCUT2D eigenvalue weighted by Gasteiger charge is -2.15. The van der Waals surface area contributed by atoms with Gasteiger partial charge in [-0.25, -0.2) is 0 Å². The predicted molar refractivity (Wildman–Crippen MR) is 76.4 cm³/mol. The summed E-state index contributed by atoms with van der Waals surface area (Å²) in [4.78, 5) is 0. The molecular formula is C15H22ClNO. The van der Waals surface area contributed by atoms with Crippen LogP contribution < -0.4 is 10.5 Å². The third kappa shape index (κ3) is 3.18. The van der Waals surface area contributed by atoms with E-state index in [9.17, 15) is 0 Å². The minimum Gasteiger partial charge on any atom is -0.493 e. The first kappa shape index (κ1) is 13.7. The topological polar surface area (TPSA) is 35.2 Å². The van der Waals surface area contributed by atoms with Gasteiger partial charge in [-0.05, 0) is 48.4 Å². The summed E-state index contributed by atoms with van der Waals surface area (Å²) in [5.74, 6) is 1.61. The van der Waals surface area contributed by atoms with Crippen LogP contribution in [0.4, 0.5) is 0 Å². The highest BCUT2D eigenvalue weighted by Crippen LogP contribution is 2.33. The van der Waals surface area contributed by atoms with Gasteiger partial charge in [0.15, 0.2) is 0 Å². The number of hydrogen-bond acceptors (Lipinski definition) is 2. The van der Waals surface area contributed by atoms with Gasteiger partial charge in [-0.2, -0.15) is 0 Å². The van der Waals surface area contributed by atoms with E-state index in [0.29, 0.717) is 5.92 Å². The Hall–Kier alpha value is -0.730. The number of fused-ring (bicyclic) bond motifs is 1. The highest BCUT2D eigenvalue weighted by Gasteiger charge is 2.17. The molecule has 0 fully saturated rings. The van der Waals surface area contributed by atoms with E-state index in [1.807, 2.05) is 12.1 Å². The van der Waals surface area contributed by atoms with Crippen LogP contribution in [0.1, 0.15) is 37.8 Å². The molecular weight excluding hydrogens is 246 g/mol. The number of rotatable bonds is 5. The Morgan fingerprint density at radius 1 is 1.39 bits per heavy atom. The second-order valence-corrected chi connectivity index (χ2v) is 5.89. The first-order valence-electron chi connectivity index (χ1n) is 6.77. The molecule has 0 radical (unpaired) electrons. The molecule has 18 heavy (non-hydrogen) atoms. The number of benzene rings is 1. The van der Waals surface area contributed by atoms with E-state index >= 15 is 0 Å². The Labute approximate surface area is 114 Å². The molecule has 1 unspecified atom stereocenters. The Kier molecular flexibility index (Phi) is 4.52. The molecule has 2 N–H and O–H groups in total. The van der Waals surface area contributed by atoms with E-state index in [2.05, 4.69) is 13.8 Å². The van der Waals surface area contributed by atoms with E-state index in [0.717, 1.165) is 43.1 Å². The molecule has 0 amide bonds. The number of halogens is 1. The van der Waals surface area contributed by atoms with Crippen LogP contribution in [0.2, 0.25) is 5.02 Å². The van der Waals surface area contributed by atoms with Crippen molar-refractivity contribution in [1.82, 2.24) is 0 Å². The van der Waals surface area contributed by atoms with Crippen LogP contribution in [0, 0.1) is 5.92 Å². The second kappa shape index (κ2) is 5.94. The fraction of sp³-hybridized carbons (Fsp3) is 0.600. The van der Waals surface area contributed by atoms with Gasteiger partial charge in [0, 0.05) is 17.5 Å². The van der Waals surface area contributed by atoms with Gasteiger partial charge in [0.1, 0.15) is 5.75 Å². The smallest absolute Gasteiger partial charge is 0.125 e. The van der Waals surface area contributed by atoms with Crippen LogP contribution in [0.5, 0.6) is 5.75 Å². The van der Waals surface area contributed by atoms with Gasteiger partial charge in [-0.15, -0.1) is 0 Å². The molecule has 1 aliphatic heterocycles. The number of nitrogens with two attached hydrogens (primary N) is 1. The quantitative estimate of drug-likeness (QED) is 0.885. The van der Waals surface area contributed by atoms with E-state index in [1.165, 1.54) is 11.1 Å². The lowest BCUT2D eigenvalue weighted by molar-refractivity contribution is 0.352. The molecule has 1 aromatic carbocycles. The number of hydrogen-bond donors (Lipinski definition) is 1. The van der Waals surface area contributed by atoms with Crippen LogP contribution in [-0.4, -0.2) is 12.6 Å². The van der Waals surface area contributed by atoms with Crippen LogP contribution in [0.3, 0.4) is 0 Å². The zero-order valence-electron chi connectivity index (χ0n) is 11.2. The molecule has 100 valence electrons. The Morgan fingerprint density at radius 3 is 2.89 bits per heavy atom. The molecule has 0 saturated carbocycles. The summed E-state index contributed by atoms with van der Waals surface area (Å²) in [7, 11) is 0. The van der Waals surface area contributed by atoms with Crippen LogP contribution in [0.15, 0.2) is 12.1 Å².